The van der Waals surface area contributed by atoms with Crippen LogP contribution in [0.1, 0.15) is 61.9 Å². The molecule has 113 heavy (non-hydrogen) atoms. The molecule has 17 N–H and O–H groups in total. The first-order chi connectivity index (χ1) is 52.1. The number of aliphatic hydroxyl groups is 9. The number of aliphatic hydroxyl groups excluding tert-OH is 9. The van der Waals surface area contributed by atoms with Crippen molar-refractivity contribution in [1.29, 1.82) is 0 Å². The Bertz CT molecular complexity index is 4200. The first-order valence-corrected chi connectivity index (χ1v) is 54.1. The summed E-state index contributed by atoms with van der Waals surface area (Å²) in [5.41, 5.74) is 25.2. The van der Waals surface area contributed by atoms with Gasteiger partial charge in [-0.15, -0.1) is 65.9 Å². The number of aliphatic imine (C=N–C) groups is 2. The zero-order valence-electron chi connectivity index (χ0n) is 68.0. The van der Waals surface area contributed by atoms with E-state index in [0.717, 1.165) is 48.5 Å². The van der Waals surface area contributed by atoms with Gasteiger partial charge >= 0.3 is 5.69 Å². The Morgan fingerprint density at radius 1 is 0.549 bits per heavy atom. The Morgan fingerprint density at radius 2 is 0.956 bits per heavy atom. The second-order valence-corrected chi connectivity index (χ2v) is 56.7. The molecule has 5 unspecified atom stereocenters. The highest BCUT2D eigenvalue weighted by Crippen LogP contribution is 2.47. The molecular formula is C75H126Br2N13O17P5S. The number of hydrogen-bond acceptors (Lipinski definition) is 29. The van der Waals surface area contributed by atoms with Crippen LogP contribution in [0.3, 0.4) is 0 Å². The second-order valence-electron chi connectivity index (χ2n) is 33.1. The van der Waals surface area contributed by atoms with Gasteiger partial charge in [0, 0.05) is 55.4 Å². The van der Waals surface area contributed by atoms with Crippen molar-refractivity contribution in [2.75, 3.05) is 125 Å². The number of amidine groups is 2. The zero-order chi connectivity index (χ0) is 85.4. The van der Waals surface area contributed by atoms with Crippen LogP contribution in [0.4, 0.5) is 5.82 Å². The summed E-state index contributed by atoms with van der Waals surface area (Å²) < 4.78 is 44.3. The molecule has 0 aromatic carbocycles. The van der Waals surface area contributed by atoms with Crippen molar-refractivity contribution in [3.05, 3.63) is 121 Å². The number of nitrogens with two attached hydrogens (primary N) is 4. The Labute approximate surface area is 689 Å². The molecule has 38 heteroatoms. The summed E-state index contributed by atoms with van der Waals surface area (Å²) in [6.07, 6.45) is 26.4. The first-order valence-electron chi connectivity index (χ1n) is 36.8. The third-order valence-corrected chi connectivity index (χ3v) is 29.0. The summed E-state index contributed by atoms with van der Waals surface area (Å²) in [6, 6.07) is -0.296. The number of aryl methyl sites for hydroxylation is 2. The molecule has 1 aliphatic carbocycles. The molecule has 638 valence electrons. The lowest BCUT2D eigenvalue weighted by Crippen LogP contribution is -2.42. The molecule has 9 heterocycles. The molecule has 0 spiro atoms. The van der Waals surface area contributed by atoms with E-state index in [4.69, 9.17) is 68.3 Å². The first kappa shape index (κ1) is 97.6. The molecule has 0 amide bonds. The molecule has 2 aromatic heterocycles. The third-order valence-electron chi connectivity index (χ3n) is 20.0. The van der Waals surface area contributed by atoms with Crippen molar-refractivity contribution in [3.8, 4) is 5.75 Å². The molecule has 7 aliphatic heterocycles. The molecular weight excluding hydrogens is 1700 g/mol. The fourth-order valence-electron chi connectivity index (χ4n) is 13.4. The Hall–Kier alpha value is -4.20. The number of methoxy groups -OCH3 is 3. The summed E-state index contributed by atoms with van der Waals surface area (Å²) in [6.45, 7) is 28.9. The van der Waals surface area contributed by atoms with E-state index in [1.165, 1.54) is 23.7 Å². The zero-order valence-corrected chi connectivity index (χ0v) is 76.4. The van der Waals surface area contributed by atoms with Gasteiger partial charge in [-0.25, -0.2) is 19.8 Å². The largest absolute Gasteiger partial charge is 0.491 e. The minimum atomic E-state index is -1.23. The van der Waals surface area contributed by atoms with E-state index in [0.29, 0.717) is 86.2 Å². The molecule has 5 fully saturated rings. The van der Waals surface area contributed by atoms with Crippen LogP contribution >= 0.6 is 78.5 Å². The molecule has 0 bridgehead atoms. The average Bonchev–Trinajstić information content (AvgIpc) is 1.59. The van der Waals surface area contributed by atoms with Crippen molar-refractivity contribution in [1.82, 2.24) is 33.8 Å². The summed E-state index contributed by atoms with van der Waals surface area (Å²) in [5.74, 6) is 2.04. The third kappa shape index (κ3) is 26.9. The maximum absolute atomic E-state index is 12.3. The number of nitrogens with zero attached hydrogens (tertiary/aromatic N) is 9. The van der Waals surface area contributed by atoms with Crippen molar-refractivity contribution < 1.29 is 79.1 Å². The van der Waals surface area contributed by atoms with Crippen LogP contribution in [0, 0.1) is 17.6 Å². The SMILES string of the molecule is C=C1C=C(N)C(Br)=CN1C1O[C@H](CCP(=C)(C)C)[C@@H](O)[C@H]1O.C=C1N=C(N)C(Br)=CN1C1O[C@H](CCP(=C)(C)C)[C@@H](O)[C@H]1O.C=C1N=C(N)C(OC)=CN1C1O[C@H](CCP(=C)(C)C)[C@@H](O)[C@H]1O.C=P(C)(C)CC[C@H]1CC(n2cc(OC)c(N)nc2=O)[C@H](OC)[C@@H]1O.C=P(C)(C)CC[C@H]1OC(c2cn(C)c(=S)nc2C)[C@H](O)[C@@H]1O. The number of aromatic nitrogens is 4. The Morgan fingerprint density at radius 3 is 1.39 bits per heavy atom. The number of rotatable bonds is 23. The number of allylic oxidation sites excluding steroid dienone is 2. The van der Waals surface area contributed by atoms with Crippen LogP contribution in [0.25, 0.3) is 0 Å². The normalized spacial score (nSPS) is 30.8. The lowest BCUT2D eigenvalue weighted by molar-refractivity contribution is -0.0590. The number of anilines is 1. The van der Waals surface area contributed by atoms with Gasteiger partial charge in [-0.2, -0.15) is 4.98 Å². The monoisotopic (exact) mass is 1830 g/mol. The molecule has 30 nitrogen and oxygen atoms in total. The minimum Gasteiger partial charge on any atom is -0.491 e. The standard InChI is InChI=1S/C16H28N3O4P.C15H24BrN2O3P.C15H26N3O4P.C15H25N2O3PS.C14H23BrN3O3P/c1-22-12-9-19(16(21)18-15(12)17)11-8-10(6-7-24(3,4)5)13(20)14(11)23-2;1-9-7-11(17)10(16)8-18(9)15-14(20)13(19)12(21-15)5-6-22(2,3)4;1-9-17-14(16)11(21-2)8-18(9)15-13(20)12(19)10(22-15)6-7-23(3,4)5;1-9-10(8-17(2)15(22)16-9)14-13(19)12(18)11(20-14)6-7-21(3,4)5;1-8-17-13(16)9(15)7-18(8)14-12(20)11(19)10(21-14)5-6-22(2,3)4/h9-11,13-14,20H,3,6-8H2,1-2,4-5H3,(H2,17,18,21);7-8,12-15,19-20H,1-2,5-6,17H2,3-4H3;8,10,12-13,15,19-20H,1,3,6-7H2,2,4-5H3,(H2,16,17);8,11-14,18-19H,3,6-7H2,1-2,4-5H3;7,10-12,14,19-20H,1-2,5-6H2,3-4H3,(H2,16,17)/t10-,11?,13+,14-;12-,13-,14-,15?;10-,12-,13-,15?;11-,12-,13-,14?;10-,11-,12-,14?/m01111/s1. The number of nitrogen functional groups attached to an aromatic ring is 1. The van der Waals surface area contributed by atoms with Crippen LogP contribution in [-0.4, -0.2) is 346 Å². The van der Waals surface area contributed by atoms with Crippen LogP contribution in [-0.2, 0) is 35.5 Å². The highest BCUT2D eigenvalue weighted by atomic mass is 79.9. The van der Waals surface area contributed by atoms with E-state index in [9.17, 15) is 50.8 Å². The van der Waals surface area contributed by atoms with Gasteiger partial charge in [0.25, 0.3) is 0 Å². The molecule has 1 saturated carbocycles. The van der Waals surface area contributed by atoms with E-state index < -0.39 is 144 Å². The quantitative estimate of drug-likeness (QED) is 0.0508. The van der Waals surface area contributed by atoms with Gasteiger partial charge in [-0.1, -0.05) is 19.7 Å². The molecule has 4 saturated heterocycles. The second kappa shape index (κ2) is 40.7. The number of halogens is 2. The molecule has 8 aliphatic rings. The maximum Gasteiger partial charge on any atom is 0.350 e. The molecule has 0 radical (unpaired) electrons. The Kier molecular flexibility index (Phi) is 35.2. The van der Waals surface area contributed by atoms with Crippen LogP contribution < -0.4 is 33.4 Å². The predicted molar refractivity (Wildman–Crippen MR) is 478 cm³/mol. The average molecular weight is 1830 g/mol. The topological polar surface area (TPSA) is 438 Å². The van der Waals surface area contributed by atoms with Gasteiger partial charge in [-0.3, -0.25) is 4.57 Å². The van der Waals surface area contributed by atoms with Crippen LogP contribution in [0.15, 0.2) is 109 Å². The summed E-state index contributed by atoms with van der Waals surface area (Å²) in [4.78, 5) is 33.4. The van der Waals surface area contributed by atoms with Gasteiger partial charge in [0.05, 0.1) is 72.1 Å². The van der Waals surface area contributed by atoms with E-state index in [1.807, 2.05) is 20.2 Å². The van der Waals surface area contributed by atoms with Crippen molar-refractivity contribution in [2.45, 2.75) is 162 Å². The lowest BCUT2D eigenvalue weighted by atomic mass is 10.0. The summed E-state index contributed by atoms with van der Waals surface area (Å²) >= 11 is 11.8. The van der Waals surface area contributed by atoms with Gasteiger partial charge in [-0.05, 0) is 199 Å². The van der Waals surface area contributed by atoms with Crippen molar-refractivity contribution >= 4 is 127 Å². The minimum absolute atomic E-state index is 0.0615. The summed E-state index contributed by atoms with van der Waals surface area (Å²) in [5, 5.41) is 92.9. The Balaban J connectivity index is 0.000000220. The van der Waals surface area contributed by atoms with Crippen LogP contribution in [0.5, 0.6) is 5.75 Å². The van der Waals surface area contributed by atoms with Crippen molar-refractivity contribution in [3.63, 3.8) is 0 Å². The van der Waals surface area contributed by atoms with Gasteiger partial charge in [0.15, 0.2) is 46.6 Å². The van der Waals surface area contributed by atoms with E-state index in [2.05, 4.69) is 170 Å². The molecule has 2 aromatic rings. The maximum atomic E-state index is 12.3. The highest BCUT2D eigenvalue weighted by Gasteiger charge is 2.50. The van der Waals surface area contributed by atoms with Crippen molar-refractivity contribution in [2.24, 2.45) is 40.2 Å². The van der Waals surface area contributed by atoms with E-state index >= 15 is 0 Å². The predicted octanol–water partition coefficient (Wildman–Crippen LogP) is 5.11. The fourth-order valence-corrected chi connectivity index (χ4v) is 19.1. The van der Waals surface area contributed by atoms with E-state index in [-0.39, 0.29) is 29.7 Å². The highest BCUT2D eigenvalue weighted by molar-refractivity contribution is 9.12. The summed E-state index contributed by atoms with van der Waals surface area (Å²) in [7, 11) is 6.31. The van der Waals surface area contributed by atoms with Gasteiger partial charge < -0.3 is 121 Å². The van der Waals surface area contributed by atoms with Gasteiger partial charge in [0.2, 0.25) is 0 Å². The molecule has 20 atom stereocenters. The van der Waals surface area contributed by atoms with Crippen LogP contribution in [0.2, 0.25) is 0 Å². The number of ether oxygens (including phenoxy) is 7. The molecule has 10 rings (SSSR count). The smallest absolute Gasteiger partial charge is 0.350 e. The lowest BCUT2D eigenvalue weighted by Gasteiger charge is -2.32. The van der Waals surface area contributed by atoms with Gasteiger partial charge in [0.1, 0.15) is 78.5 Å². The van der Waals surface area contributed by atoms with E-state index in [1.54, 1.807) is 52.3 Å². The fraction of sp³-hybridized carbons (Fsp3) is 0.613. The number of hydrogen-bond donors (Lipinski definition) is 13.